The van der Waals surface area contributed by atoms with Gasteiger partial charge in [0, 0.05) is 11.1 Å². The van der Waals surface area contributed by atoms with Gasteiger partial charge in [0.1, 0.15) is 16.2 Å². The van der Waals surface area contributed by atoms with Crippen molar-refractivity contribution in [1.29, 1.82) is 0 Å². The average molecular weight is 270 g/mol. The molecule has 1 heterocycles. The highest BCUT2D eigenvalue weighted by Gasteiger charge is 2.23. The summed E-state index contributed by atoms with van der Waals surface area (Å²) in [7, 11) is 0. The van der Waals surface area contributed by atoms with Gasteiger partial charge in [-0.15, -0.1) is 0 Å². The Kier molecular flexibility index (Phi) is 3.17. The molecule has 96 valence electrons. The van der Waals surface area contributed by atoms with Crippen LogP contribution in [0.4, 0.5) is 0 Å². The minimum atomic E-state index is -0.0301. The lowest BCUT2D eigenvalue weighted by Crippen LogP contribution is -2.06. The van der Waals surface area contributed by atoms with Crippen molar-refractivity contribution >= 4 is 16.8 Å². The van der Waals surface area contributed by atoms with E-state index in [-0.39, 0.29) is 5.37 Å². The number of hydrogen-bond acceptors (Lipinski definition) is 4. The number of phenols is 1. The Hall–Kier alpha value is -1.94. The van der Waals surface area contributed by atoms with Gasteiger partial charge in [0.2, 0.25) is 0 Å². The van der Waals surface area contributed by atoms with Crippen LogP contribution in [0, 0.1) is 6.92 Å². The van der Waals surface area contributed by atoms with E-state index in [1.54, 1.807) is 17.8 Å². The van der Waals surface area contributed by atoms with Crippen LogP contribution in [0.3, 0.4) is 0 Å². The fourth-order valence-corrected chi connectivity index (χ4v) is 2.99. The number of para-hydroxylation sites is 1. The van der Waals surface area contributed by atoms with Crippen molar-refractivity contribution in [3.63, 3.8) is 0 Å². The van der Waals surface area contributed by atoms with Gasteiger partial charge in [-0.3, -0.25) is 5.43 Å². The number of nitrogens with one attached hydrogen (secondary N) is 1. The maximum absolute atomic E-state index is 9.86. The Balaban J connectivity index is 1.80. The Morgan fingerprint density at radius 2 is 1.84 bits per heavy atom. The van der Waals surface area contributed by atoms with Gasteiger partial charge in [0.15, 0.2) is 0 Å². The number of aryl methyl sites for hydroxylation is 1. The Labute approximate surface area is 116 Å². The summed E-state index contributed by atoms with van der Waals surface area (Å²) in [4.78, 5) is 0. The van der Waals surface area contributed by atoms with E-state index >= 15 is 0 Å². The number of aromatic hydroxyl groups is 1. The third kappa shape index (κ3) is 2.44. The van der Waals surface area contributed by atoms with Crippen molar-refractivity contribution in [3.8, 4) is 5.75 Å². The van der Waals surface area contributed by atoms with Crippen LogP contribution in [0.25, 0.3) is 0 Å². The summed E-state index contributed by atoms with van der Waals surface area (Å²) in [5, 5.41) is 15.1. The zero-order chi connectivity index (χ0) is 13.2. The molecule has 19 heavy (non-hydrogen) atoms. The zero-order valence-corrected chi connectivity index (χ0v) is 11.3. The largest absolute Gasteiger partial charge is 0.508 e. The van der Waals surface area contributed by atoms with Gasteiger partial charge in [0.05, 0.1) is 0 Å². The highest BCUT2D eigenvalue weighted by molar-refractivity contribution is 8.14. The second kappa shape index (κ2) is 4.97. The minimum Gasteiger partial charge on any atom is -0.508 e. The highest BCUT2D eigenvalue weighted by atomic mass is 32.2. The fraction of sp³-hybridized carbons (Fsp3) is 0.133. The maximum Gasteiger partial charge on any atom is 0.126 e. The summed E-state index contributed by atoms with van der Waals surface area (Å²) >= 11 is 1.62. The van der Waals surface area contributed by atoms with Gasteiger partial charge >= 0.3 is 0 Å². The summed E-state index contributed by atoms with van der Waals surface area (Å²) in [6.45, 7) is 2.07. The summed E-state index contributed by atoms with van der Waals surface area (Å²) in [6.07, 6.45) is 0. The van der Waals surface area contributed by atoms with E-state index < -0.39 is 0 Å². The van der Waals surface area contributed by atoms with Gasteiger partial charge in [-0.1, -0.05) is 59.8 Å². The first-order chi connectivity index (χ1) is 9.24. The van der Waals surface area contributed by atoms with E-state index in [1.165, 1.54) is 5.56 Å². The molecule has 4 heteroatoms. The Bertz CT molecular complexity index is 622. The first-order valence-electron chi connectivity index (χ1n) is 6.09. The van der Waals surface area contributed by atoms with Gasteiger partial charge < -0.3 is 5.11 Å². The van der Waals surface area contributed by atoms with Crippen LogP contribution in [-0.2, 0) is 0 Å². The smallest absolute Gasteiger partial charge is 0.126 e. The third-order valence-corrected chi connectivity index (χ3v) is 4.18. The number of rotatable bonds is 2. The highest BCUT2D eigenvalue weighted by Crippen LogP contribution is 2.37. The second-order valence-electron chi connectivity index (χ2n) is 4.47. The van der Waals surface area contributed by atoms with Crippen molar-refractivity contribution in [2.24, 2.45) is 5.10 Å². The maximum atomic E-state index is 9.86. The average Bonchev–Trinajstić information content (AvgIpc) is 2.89. The topological polar surface area (TPSA) is 44.6 Å². The lowest BCUT2D eigenvalue weighted by atomic mass is 10.2. The minimum absolute atomic E-state index is 0.0301. The first-order valence-corrected chi connectivity index (χ1v) is 6.97. The predicted octanol–water partition coefficient (Wildman–Crippen LogP) is 3.40. The molecule has 3 rings (SSSR count). The third-order valence-electron chi connectivity index (χ3n) is 3.03. The van der Waals surface area contributed by atoms with Crippen molar-refractivity contribution < 1.29 is 5.11 Å². The summed E-state index contributed by atoms with van der Waals surface area (Å²) in [5.41, 5.74) is 6.26. The number of hydrazone groups is 1. The Morgan fingerprint density at radius 3 is 2.58 bits per heavy atom. The lowest BCUT2D eigenvalue weighted by molar-refractivity contribution is 0.465. The molecule has 0 saturated carbocycles. The van der Waals surface area contributed by atoms with Crippen LogP contribution in [0.5, 0.6) is 5.75 Å². The zero-order valence-electron chi connectivity index (χ0n) is 10.5. The molecule has 0 radical (unpaired) electrons. The molecular formula is C15H14N2OS. The van der Waals surface area contributed by atoms with E-state index in [4.69, 9.17) is 0 Å². The van der Waals surface area contributed by atoms with Gasteiger partial charge in [-0.2, -0.15) is 5.10 Å². The number of hydrogen-bond donors (Lipinski definition) is 2. The number of nitrogens with zero attached hydrogens (tertiary/aromatic N) is 1. The SMILES string of the molecule is Cc1ccc(C2=NN[C@H](c3ccccc3O)S2)cc1. The van der Waals surface area contributed by atoms with Crippen LogP contribution in [-0.4, -0.2) is 10.2 Å². The molecule has 0 aliphatic carbocycles. The molecule has 0 bridgehead atoms. The monoisotopic (exact) mass is 270 g/mol. The van der Waals surface area contributed by atoms with Crippen LogP contribution >= 0.6 is 11.8 Å². The summed E-state index contributed by atoms with van der Waals surface area (Å²) in [5.74, 6) is 0.299. The normalized spacial score (nSPS) is 17.9. The molecular weight excluding hydrogens is 256 g/mol. The second-order valence-corrected chi connectivity index (χ2v) is 5.56. The van der Waals surface area contributed by atoms with E-state index in [2.05, 4.69) is 41.7 Å². The summed E-state index contributed by atoms with van der Waals surface area (Å²) in [6, 6.07) is 15.6. The number of thioether (sulfide) groups is 1. The van der Waals surface area contributed by atoms with Crippen LogP contribution in [0.15, 0.2) is 53.6 Å². The Morgan fingerprint density at radius 1 is 1.11 bits per heavy atom. The molecule has 0 spiro atoms. The van der Waals surface area contributed by atoms with Gasteiger partial charge in [0.25, 0.3) is 0 Å². The fourth-order valence-electron chi connectivity index (χ4n) is 1.95. The molecule has 2 aromatic carbocycles. The van der Waals surface area contributed by atoms with Crippen LogP contribution < -0.4 is 5.43 Å². The molecule has 1 aliphatic rings. The molecule has 0 aromatic heterocycles. The number of benzene rings is 2. The van der Waals surface area contributed by atoms with E-state index in [0.717, 1.165) is 16.2 Å². The quantitative estimate of drug-likeness (QED) is 0.879. The molecule has 2 N–H and O–H groups in total. The van der Waals surface area contributed by atoms with Crippen LogP contribution in [0.1, 0.15) is 22.1 Å². The number of phenolic OH excluding ortho intramolecular Hbond substituents is 1. The van der Waals surface area contributed by atoms with Gasteiger partial charge in [-0.25, -0.2) is 0 Å². The predicted molar refractivity (Wildman–Crippen MR) is 79.3 cm³/mol. The molecule has 3 nitrogen and oxygen atoms in total. The molecule has 0 saturated heterocycles. The van der Waals surface area contributed by atoms with Gasteiger partial charge in [-0.05, 0) is 13.0 Å². The van der Waals surface area contributed by atoms with E-state index in [0.29, 0.717) is 5.75 Å². The standard InChI is InChI=1S/C15H14N2OS/c1-10-6-8-11(9-7-10)14-16-17-15(19-14)12-4-2-3-5-13(12)18/h2-9,15,17-18H,1H3/t15-/m0/s1. The molecule has 0 fully saturated rings. The first kappa shape index (κ1) is 12.1. The van der Waals surface area contributed by atoms with Crippen molar-refractivity contribution in [2.45, 2.75) is 12.3 Å². The molecule has 0 unspecified atom stereocenters. The van der Waals surface area contributed by atoms with E-state index in [1.807, 2.05) is 18.2 Å². The van der Waals surface area contributed by atoms with Crippen molar-refractivity contribution in [3.05, 3.63) is 65.2 Å². The molecule has 2 aromatic rings. The van der Waals surface area contributed by atoms with Crippen molar-refractivity contribution in [1.82, 2.24) is 5.43 Å². The van der Waals surface area contributed by atoms with E-state index in [9.17, 15) is 5.11 Å². The molecule has 1 aliphatic heterocycles. The molecule has 1 atom stereocenters. The van der Waals surface area contributed by atoms with Crippen LogP contribution in [0.2, 0.25) is 0 Å². The lowest BCUT2D eigenvalue weighted by Gasteiger charge is -2.10. The summed E-state index contributed by atoms with van der Waals surface area (Å²) < 4.78 is 0. The van der Waals surface area contributed by atoms with Crippen molar-refractivity contribution in [2.75, 3.05) is 0 Å². The molecule has 0 amide bonds.